The molecular weight excluding hydrogens is 178 g/mol. The fraction of sp³-hybridized carbons (Fsp3) is 0.857. The number of amides is 1. The number of hydrogen-bond acceptors (Lipinski definition) is 3. The summed E-state index contributed by atoms with van der Waals surface area (Å²) >= 11 is 0. The van der Waals surface area contributed by atoms with Crippen LogP contribution in [0.2, 0.25) is 0 Å². The van der Waals surface area contributed by atoms with Gasteiger partial charge in [-0.15, -0.1) is 12.4 Å². The van der Waals surface area contributed by atoms with E-state index in [2.05, 4.69) is 5.32 Å². The molecule has 74 valence electrons. The van der Waals surface area contributed by atoms with Crippen molar-refractivity contribution in [3.05, 3.63) is 0 Å². The molecule has 0 radical (unpaired) electrons. The van der Waals surface area contributed by atoms with Crippen LogP contribution >= 0.6 is 12.4 Å². The lowest BCUT2D eigenvalue weighted by molar-refractivity contribution is -0.123. The second-order valence-electron chi connectivity index (χ2n) is 3.37. The molecule has 0 rings (SSSR count). The number of carbonyl (C=O) groups excluding carboxylic acids is 1. The third-order valence-corrected chi connectivity index (χ3v) is 1.39. The molecule has 4 nitrogen and oxygen atoms in total. The Bertz CT molecular complexity index is 148. The summed E-state index contributed by atoms with van der Waals surface area (Å²) in [4.78, 5) is 11.0. The van der Waals surface area contributed by atoms with Crippen molar-refractivity contribution in [1.29, 1.82) is 0 Å². The number of carbonyl (C=O) groups is 1. The van der Waals surface area contributed by atoms with Crippen LogP contribution in [0, 0.1) is 0 Å². The van der Waals surface area contributed by atoms with Crippen LogP contribution in [0.15, 0.2) is 0 Å². The average Bonchev–Trinajstić information content (AvgIpc) is 1.87. The molecule has 0 unspecified atom stereocenters. The fourth-order valence-electron chi connectivity index (χ4n) is 0.498. The standard InChI is InChI=1S/C7H17N3O.ClH/c1-5(9)6(11)10-7(2,3)4-8;/h5H,4,8-9H2,1-3H3,(H,10,11);1H/t5-;/m0./s1. The van der Waals surface area contributed by atoms with E-state index in [0.29, 0.717) is 6.54 Å². The average molecular weight is 196 g/mol. The first kappa shape index (κ1) is 14.2. The van der Waals surface area contributed by atoms with Crippen molar-refractivity contribution in [1.82, 2.24) is 5.32 Å². The van der Waals surface area contributed by atoms with Crippen molar-refractivity contribution >= 4 is 18.3 Å². The third-order valence-electron chi connectivity index (χ3n) is 1.39. The van der Waals surface area contributed by atoms with Crippen LogP contribution in [-0.4, -0.2) is 24.0 Å². The van der Waals surface area contributed by atoms with E-state index >= 15 is 0 Å². The van der Waals surface area contributed by atoms with E-state index < -0.39 is 6.04 Å². The largest absolute Gasteiger partial charge is 0.349 e. The van der Waals surface area contributed by atoms with Gasteiger partial charge in [-0.2, -0.15) is 0 Å². The van der Waals surface area contributed by atoms with E-state index in [0.717, 1.165) is 0 Å². The van der Waals surface area contributed by atoms with Crippen molar-refractivity contribution in [2.45, 2.75) is 32.4 Å². The fourth-order valence-corrected chi connectivity index (χ4v) is 0.498. The quantitative estimate of drug-likeness (QED) is 0.574. The monoisotopic (exact) mass is 195 g/mol. The molecule has 5 N–H and O–H groups in total. The molecule has 0 aliphatic rings. The van der Waals surface area contributed by atoms with Gasteiger partial charge in [0.25, 0.3) is 0 Å². The molecule has 0 aromatic carbocycles. The van der Waals surface area contributed by atoms with Gasteiger partial charge in [0.15, 0.2) is 0 Å². The Balaban J connectivity index is 0. The Labute approximate surface area is 79.5 Å². The number of rotatable bonds is 3. The molecule has 1 atom stereocenters. The van der Waals surface area contributed by atoms with Crippen molar-refractivity contribution in [3.8, 4) is 0 Å². The molecule has 5 heteroatoms. The van der Waals surface area contributed by atoms with Crippen LogP contribution in [0.3, 0.4) is 0 Å². The molecule has 0 spiro atoms. The van der Waals surface area contributed by atoms with Gasteiger partial charge in [-0.1, -0.05) is 0 Å². The van der Waals surface area contributed by atoms with E-state index in [-0.39, 0.29) is 23.9 Å². The molecule has 0 saturated carbocycles. The van der Waals surface area contributed by atoms with Gasteiger partial charge in [-0.25, -0.2) is 0 Å². The van der Waals surface area contributed by atoms with Gasteiger partial charge in [0.1, 0.15) is 0 Å². The second-order valence-corrected chi connectivity index (χ2v) is 3.37. The Morgan fingerprint density at radius 2 is 2.00 bits per heavy atom. The minimum Gasteiger partial charge on any atom is -0.349 e. The highest BCUT2D eigenvalue weighted by Gasteiger charge is 2.19. The summed E-state index contributed by atoms with van der Waals surface area (Å²) < 4.78 is 0. The van der Waals surface area contributed by atoms with Crippen molar-refractivity contribution in [2.75, 3.05) is 6.54 Å². The van der Waals surface area contributed by atoms with Crippen LogP contribution in [0.25, 0.3) is 0 Å². The maximum Gasteiger partial charge on any atom is 0.237 e. The molecule has 0 aromatic heterocycles. The van der Waals surface area contributed by atoms with Gasteiger partial charge in [-0.3, -0.25) is 4.79 Å². The molecule has 0 aliphatic heterocycles. The summed E-state index contributed by atoms with van der Waals surface area (Å²) in [5.74, 6) is -0.166. The minimum atomic E-state index is -0.471. The predicted octanol–water partition coefficient (Wildman–Crippen LogP) is -0.391. The minimum absolute atomic E-state index is 0. The summed E-state index contributed by atoms with van der Waals surface area (Å²) in [5.41, 5.74) is 10.4. The van der Waals surface area contributed by atoms with Crippen molar-refractivity contribution in [2.24, 2.45) is 11.5 Å². The molecular formula is C7H18ClN3O. The van der Waals surface area contributed by atoms with Crippen LogP contribution in [0.4, 0.5) is 0 Å². The van der Waals surface area contributed by atoms with Gasteiger partial charge in [0.2, 0.25) is 5.91 Å². The predicted molar refractivity (Wildman–Crippen MR) is 52.2 cm³/mol. The van der Waals surface area contributed by atoms with Gasteiger partial charge in [0, 0.05) is 12.1 Å². The summed E-state index contributed by atoms with van der Waals surface area (Å²) in [7, 11) is 0. The zero-order chi connectivity index (χ0) is 9.07. The Morgan fingerprint density at radius 1 is 1.58 bits per heavy atom. The third kappa shape index (κ3) is 5.35. The van der Waals surface area contributed by atoms with E-state index in [1.54, 1.807) is 6.92 Å². The van der Waals surface area contributed by atoms with Crippen LogP contribution < -0.4 is 16.8 Å². The number of nitrogens with two attached hydrogens (primary N) is 2. The number of hydrogen-bond donors (Lipinski definition) is 3. The Hall–Kier alpha value is -0.320. The Kier molecular flexibility index (Phi) is 6.34. The second kappa shape index (κ2) is 5.35. The molecule has 0 aliphatic carbocycles. The van der Waals surface area contributed by atoms with Crippen molar-refractivity contribution < 1.29 is 4.79 Å². The van der Waals surface area contributed by atoms with Crippen LogP contribution in [-0.2, 0) is 4.79 Å². The lowest BCUT2D eigenvalue weighted by atomic mass is 10.1. The van der Waals surface area contributed by atoms with Crippen LogP contribution in [0.1, 0.15) is 20.8 Å². The van der Waals surface area contributed by atoms with Gasteiger partial charge in [0.05, 0.1) is 6.04 Å². The molecule has 0 heterocycles. The zero-order valence-electron chi connectivity index (χ0n) is 7.76. The normalized spacial score (nSPS) is 13.1. The SMILES string of the molecule is C[C@H](N)C(=O)NC(C)(C)CN.Cl. The summed E-state index contributed by atoms with van der Waals surface area (Å²) in [6, 6.07) is -0.471. The maximum atomic E-state index is 11.0. The van der Waals surface area contributed by atoms with E-state index in [9.17, 15) is 4.79 Å². The Morgan fingerprint density at radius 3 is 2.25 bits per heavy atom. The van der Waals surface area contributed by atoms with Gasteiger partial charge in [-0.05, 0) is 20.8 Å². The van der Waals surface area contributed by atoms with E-state index in [1.807, 2.05) is 13.8 Å². The summed E-state index contributed by atoms with van der Waals surface area (Å²) in [5, 5.41) is 2.72. The van der Waals surface area contributed by atoms with Gasteiger partial charge < -0.3 is 16.8 Å². The number of halogens is 1. The molecule has 1 amide bonds. The number of nitrogens with one attached hydrogen (secondary N) is 1. The first-order valence-corrected chi connectivity index (χ1v) is 3.67. The molecule has 0 saturated heterocycles. The molecule has 0 aromatic rings. The highest BCUT2D eigenvalue weighted by atomic mass is 35.5. The van der Waals surface area contributed by atoms with Crippen molar-refractivity contribution in [3.63, 3.8) is 0 Å². The molecule has 12 heavy (non-hydrogen) atoms. The lowest BCUT2D eigenvalue weighted by Gasteiger charge is -2.25. The zero-order valence-corrected chi connectivity index (χ0v) is 8.57. The smallest absolute Gasteiger partial charge is 0.237 e. The lowest BCUT2D eigenvalue weighted by Crippen LogP contribution is -2.53. The first-order chi connectivity index (χ1) is 4.89. The van der Waals surface area contributed by atoms with E-state index in [1.165, 1.54) is 0 Å². The maximum absolute atomic E-state index is 11.0. The van der Waals surface area contributed by atoms with Crippen LogP contribution in [0.5, 0.6) is 0 Å². The highest BCUT2D eigenvalue weighted by Crippen LogP contribution is 1.97. The summed E-state index contributed by atoms with van der Waals surface area (Å²) in [6.07, 6.45) is 0. The first-order valence-electron chi connectivity index (χ1n) is 3.67. The molecule has 0 bridgehead atoms. The summed E-state index contributed by atoms with van der Waals surface area (Å²) in [6.45, 7) is 5.76. The van der Waals surface area contributed by atoms with Gasteiger partial charge >= 0.3 is 0 Å². The van der Waals surface area contributed by atoms with E-state index in [4.69, 9.17) is 11.5 Å². The topological polar surface area (TPSA) is 81.1 Å². The highest BCUT2D eigenvalue weighted by molar-refractivity contribution is 5.85. The molecule has 0 fully saturated rings.